The van der Waals surface area contributed by atoms with Crippen molar-refractivity contribution in [2.24, 2.45) is 5.29 Å². The Morgan fingerprint density at radius 3 is 2.32 bits per heavy atom. The van der Waals surface area contributed by atoms with Crippen LogP contribution in [0.5, 0.6) is 0 Å². The van der Waals surface area contributed by atoms with Gasteiger partial charge in [0.25, 0.3) is 0 Å². The van der Waals surface area contributed by atoms with Crippen molar-refractivity contribution in [3.05, 3.63) is 70.6 Å². The molecule has 0 fully saturated rings. The second kappa shape index (κ2) is 5.77. The summed E-state index contributed by atoms with van der Waals surface area (Å²) >= 11 is 0. The lowest BCUT2D eigenvalue weighted by atomic mass is 10.1. The maximum atomic E-state index is 11.1. The maximum absolute atomic E-state index is 11.1. The molecule has 0 amide bonds. The molecule has 2 rings (SSSR count). The fraction of sp³-hybridized carbons (Fsp3) is 0.0714. The molecule has 0 bridgehead atoms. The summed E-state index contributed by atoms with van der Waals surface area (Å²) in [5.41, 5.74) is 1.22. The first-order valence-electron chi connectivity index (χ1n) is 5.69. The van der Waals surface area contributed by atoms with Crippen LogP contribution in [-0.4, -0.2) is 11.1 Å². The minimum atomic E-state index is -1.09. The zero-order valence-electron chi connectivity index (χ0n) is 10.1. The molecule has 0 aromatic heterocycles. The number of rotatable bonds is 5. The Labute approximate surface area is 110 Å². The van der Waals surface area contributed by atoms with Crippen molar-refractivity contribution in [3.8, 4) is 0 Å². The van der Waals surface area contributed by atoms with Crippen LogP contribution in [0, 0.1) is 4.91 Å². The van der Waals surface area contributed by atoms with E-state index in [0.717, 1.165) is 10.6 Å². The lowest BCUT2D eigenvalue weighted by Gasteiger charge is -2.17. The average molecular weight is 256 g/mol. The molecular formula is C14H12N2O3. The maximum Gasteiger partial charge on any atom is 0.337 e. The van der Waals surface area contributed by atoms with E-state index < -0.39 is 5.97 Å². The van der Waals surface area contributed by atoms with Crippen molar-refractivity contribution in [2.45, 2.75) is 6.54 Å². The van der Waals surface area contributed by atoms with Crippen molar-refractivity contribution in [1.82, 2.24) is 0 Å². The zero-order valence-corrected chi connectivity index (χ0v) is 10.1. The summed E-state index contributed by atoms with van der Waals surface area (Å²) in [6, 6.07) is 15.6. The van der Waals surface area contributed by atoms with E-state index in [2.05, 4.69) is 5.29 Å². The molecule has 0 aliphatic heterocycles. The van der Waals surface area contributed by atoms with Crippen LogP contribution >= 0.6 is 0 Å². The van der Waals surface area contributed by atoms with Gasteiger partial charge in [0.2, 0.25) is 0 Å². The third kappa shape index (κ3) is 2.95. The third-order valence-electron chi connectivity index (χ3n) is 2.69. The number of para-hydroxylation sites is 1. The molecule has 0 aliphatic rings. The van der Waals surface area contributed by atoms with Gasteiger partial charge in [0.05, 0.1) is 23.1 Å². The topological polar surface area (TPSA) is 70.0 Å². The Hall–Kier alpha value is -2.69. The van der Waals surface area contributed by atoms with Crippen LogP contribution < -0.4 is 5.01 Å². The SMILES string of the molecule is O=NN(Cc1ccccc1)c1ccccc1C(=O)O. The highest BCUT2D eigenvalue weighted by atomic mass is 16.4. The number of carbonyl (C=O) groups is 1. The van der Waals surface area contributed by atoms with E-state index in [-0.39, 0.29) is 17.8 Å². The average Bonchev–Trinajstić information content (AvgIpc) is 2.46. The summed E-state index contributed by atoms with van der Waals surface area (Å²) in [6.45, 7) is 0.231. The highest BCUT2D eigenvalue weighted by Gasteiger charge is 2.16. The zero-order chi connectivity index (χ0) is 13.7. The Kier molecular flexibility index (Phi) is 3.87. The lowest BCUT2D eigenvalue weighted by Crippen LogP contribution is -2.17. The first-order valence-corrected chi connectivity index (χ1v) is 5.69. The van der Waals surface area contributed by atoms with Crippen LogP contribution in [0.2, 0.25) is 0 Å². The number of aromatic carboxylic acids is 1. The minimum absolute atomic E-state index is 0.0537. The van der Waals surface area contributed by atoms with Gasteiger partial charge < -0.3 is 5.11 Å². The Bertz CT molecular complexity index is 584. The van der Waals surface area contributed by atoms with Crippen molar-refractivity contribution in [3.63, 3.8) is 0 Å². The van der Waals surface area contributed by atoms with Crippen molar-refractivity contribution in [1.29, 1.82) is 0 Å². The van der Waals surface area contributed by atoms with Gasteiger partial charge in [-0.1, -0.05) is 42.5 Å². The molecule has 5 heteroatoms. The molecule has 0 saturated heterocycles. The first-order chi connectivity index (χ1) is 9.22. The summed E-state index contributed by atoms with van der Waals surface area (Å²) in [5, 5.41) is 13.2. The van der Waals surface area contributed by atoms with Crippen LogP contribution in [0.15, 0.2) is 59.9 Å². The number of benzene rings is 2. The Morgan fingerprint density at radius 1 is 1.05 bits per heavy atom. The van der Waals surface area contributed by atoms with Gasteiger partial charge in [0.1, 0.15) is 0 Å². The van der Waals surface area contributed by atoms with Gasteiger partial charge in [0.15, 0.2) is 0 Å². The molecule has 96 valence electrons. The Morgan fingerprint density at radius 2 is 1.68 bits per heavy atom. The molecule has 19 heavy (non-hydrogen) atoms. The van der Waals surface area contributed by atoms with Gasteiger partial charge in [-0.25, -0.2) is 9.80 Å². The number of nitroso groups, excluding NO2 is 1. The van der Waals surface area contributed by atoms with Gasteiger partial charge >= 0.3 is 5.97 Å². The summed E-state index contributed by atoms with van der Waals surface area (Å²) in [4.78, 5) is 22.1. The van der Waals surface area contributed by atoms with E-state index in [1.165, 1.54) is 6.07 Å². The van der Waals surface area contributed by atoms with Crippen molar-refractivity contribution in [2.75, 3.05) is 5.01 Å². The predicted molar refractivity (Wildman–Crippen MR) is 71.8 cm³/mol. The van der Waals surface area contributed by atoms with Gasteiger partial charge in [-0.2, -0.15) is 0 Å². The number of anilines is 1. The third-order valence-corrected chi connectivity index (χ3v) is 2.69. The normalized spacial score (nSPS) is 9.89. The summed E-state index contributed by atoms with van der Waals surface area (Å²) in [6.07, 6.45) is 0. The van der Waals surface area contributed by atoms with E-state index >= 15 is 0 Å². The molecule has 0 aliphatic carbocycles. The predicted octanol–water partition coefficient (Wildman–Crippen LogP) is 3.07. The smallest absolute Gasteiger partial charge is 0.337 e. The molecule has 2 aromatic rings. The van der Waals surface area contributed by atoms with Gasteiger partial charge in [-0.15, -0.1) is 4.91 Å². The highest BCUT2D eigenvalue weighted by molar-refractivity contribution is 5.94. The molecule has 2 aromatic carbocycles. The van der Waals surface area contributed by atoms with E-state index in [1.54, 1.807) is 18.2 Å². The summed E-state index contributed by atoms with van der Waals surface area (Å²) in [7, 11) is 0. The van der Waals surface area contributed by atoms with E-state index in [9.17, 15) is 9.70 Å². The van der Waals surface area contributed by atoms with Crippen LogP contribution in [0.3, 0.4) is 0 Å². The van der Waals surface area contributed by atoms with Crippen LogP contribution in [0.1, 0.15) is 15.9 Å². The van der Waals surface area contributed by atoms with E-state index in [1.807, 2.05) is 30.3 Å². The van der Waals surface area contributed by atoms with Gasteiger partial charge in [0, 0.05) is 0 Å². The molecule has 0 radical (unpaired) electrons. The fourth-order valence-electron chi connectivity index (χ4n) is 1.79. The van der Waals surface area contributed by atoms with Crippen molar-refractivity contribution >= 4 is 11.7 Å². The summed E-state index contributed by atoms with van der Waals surface area (Å²) in [5.74, 6) is -1.09. The van der Waals surface area contributed by atoms with Crippen molar-refractivity contribution < 1.29 is 9.90 Å². The monoisotopic (exact) mass is 256 g/mol. The molecule has 1 N–H and O–H groups in total. The molecule has 0 atom stereocenters. The number of hydrogen-bond donors (Lipinski definition) is 1. The molecule has 0 unspecified atom stereocenters. The number of carboxylic acid groups (broad SMARTS) is 1. The minimum Gasteiger partial charge on any atom is -0.478 e. The molecule has 5 nitrogen and oxygen atoms in total. The second-order valence-electron chi connectivity index (χ2n) is 3.95. The standard InChI is InChI=1S/C14H12N2O3/c17-14(18)12-8-4-5-9-13(12)16(15-19)10-11-6-2-1-3-7-11/h1-9H,10H2,(H,17,18). The highest BCUT2D eigenvalue weighted by Crippen LogP contribution is 2.22. The number of carboxylic acids is 1. The fourth-order valence-corrected chi connectivity index (χ4v) is 1.79. The van der Waals surface area contributed by atoms with Crippen LogP contribution in [-0.2, 0) is 6.54 Å². The van der Waals surface area contributed by atoms with Crippen LogP contribution in [0.25, 0.3) is 0 Å². The molecule has 0 saturated carbocycles. The largest absolute Gasteiger partial charge is 0.478 e. The van der Waals surface area contributed by atoms with Crippen LogP contribution in [0.4, 0.5) is 5.69 Å². The number of nitrogens with zero attached hydrogens (tertiary/aromatic N) is 2. The second-order valence-corrected chi connectivity index (χ2v) is 3.95. The lowest BCUT2D eigenvalue weighted by molar-refractivity contribution is 0.0697. The van der Waals surface area contributed by atoms with E-state index in [0.29, 0.717) is 0 Å². The van der Waals surface area contributed by atoms with Gasteiger partial charge in [-0.05, 0) is 17.7 Å². The van der Waals surface area contributed by atoms with E-state index in [4.69, 9.17) is 5.11 Å². The number of hydrogen-bond acceptors (Lipinski definition) is 3. The molecule has 0 heterocycles. The quantitative estimate of drug-likeness (QED) is 0.659. The van der Waals surface area contributed by atoms with Gasteiger partial charge in [-0.3, -0.25) is 0 Å². The molecular weight excluding hydrogens is 244 g/mol. The summed E-state index contributed by atoms with van der Waals surface area (Å²) < 4.78 is 0. The first kappa shape index (κ1) is 12.8. The molecule has 0 spiro atoms. The Balaban J connectivity index is 2.32.